The largest absolute Gasteiger partial charge is 0.481 e. The zero-order valence-electron chi connectivity index (χ0n) is 30.6. The minimum atomic E-state index is -4.46. The Morgan fingerprint density at radius 1 is 0.800 bits per heavy atom. The SMILES string of the molecule is CC1(C)C(=CC=CC=CC2N(Cc3cc([N+](=O)[O-])cc([N+](=O)[O-])c3)c3ccc([N+](=O)[O-])cc3C2(C)C)N(CCCCCC(=O)O)c2ccc(S(=O)(=O)O)cc21. The molecular formula is C38H41N5O11S. The number of nitro groups is 3. The van der Waals surface area contributed by atoms with E-state index in [1.807, 2.05) is 50.8 Å². The molecule has 0 spiro atoms. The molecule has 2 heterocycles. The Bertz CT molecular complexity index is 2230. The summed E-state index contributed by atoms with van der Waals surface area (Å²) in [5.41, 5.74) is 1.53. The van der Waals surface area contributed by atoms with Crippen molar-refractivity contribution in [2.24, 2.45) is 0 Å². The molecule has 1 unspecified atom stereocenters. The molecule has 3 aromatic carbocycles. The van der Waals surface area contributed by atoms with Gasteiger partial charge in [0.05, 0.1) is 31.8 Å². The number of nitro benzene ring substituents is 3. The van der Waals surface area contributed by atoms with Crippen LogP contribution in [0.3, 0.4) is 0 Å². The van der Waals surface area contributed by atoms with Crippen LogP contribution in [0.25, 0.3) is 0 Å². The van der Waals surface area contributed by atoms with E-state index < -0.39 is 59.1 Å². The third-order valence-electron chi connectivity index (χ3n) is 10.2. The second-order valence-corrected chi connectivity index (χ2v) is 16.0. The van der Waals surface area contributed by atoms with Gasteiger partial charge in [-0.15, -0.1) is 0 Å². The van der Waals surface area contributed by atoms with Gasteiger partial charge in [0.2, 0.25) is 0 Å². The second-order valence-electron chi connectivity index (χ2n) is 14.6. The number of allylic oxidation sites excluding steroid dienone is 5. The molecule has 290 valence electrons. The number of aliphatic carboxylic acids is 1. The van der Waals surface area contributed by atoms with Gasteiger partial charge in [0.25, 0.3) is 27.2 Å². The highest BCUT2D eigenvalue weighted by atomic mass is 32.2. The van der Waals surface area contributed by atoms with Crippen LogP contribution >= 0.6 is 0 Å². The van der Waals surface area contributed by atoms with Crippen molar-refractivity contribution in [1.82, 2.24) is 0 Å². The summed E-state index contributed by atoms with van der Waals surface area (Å²) in [6.07, 6.45) is 11.1. The first-order chi connectivity index (χ1) is 25.7. The number of hydrogen-bond acceptors (Lipinski definition) is 11. The summed E-state index contributed by atoms with van der Waals surface area (Å²) < 4.78 is 33.8. The van der Waals surface area contributed by atoms with E-state index in [0.717, 1.165) is 17.5 Å². The predicted molar refractivity (Wildman–Crippen MR) is 205 cm³/mol. The summed E-state index contributed by atoms with van der Waals surface area (Å²) in [6, 6.07) is 11.9. The van der Waals surface area contributed by atoms with Crippen molar-refractivity contribution in [3.63, 3.8) is 0 Å². The fraction of sp³-hybridized carbons (Fsp3) is 0.342. The number of carboxylic acid groups (broad SMARTS) is 1. The van der Waals surface area contributed by atoms with E-state index in [4.69, 9.17) is 5.11 Å². The normalized spacial score (nSPS) is 17.9. The Balaban J connectivity index is 1.49. The Morgan fingerprint density at radius 2 is 1.44 bits per heavy atom. The molecule has 55 heavy (non-hydrogen) atoms. The number of carboxylic acids is 1. The van der Waals surface area contributed by atoms with Gasteiger partial charge in [-0.05, 0) is 59.9 Å². The molecule has 0 saturated heterocycles. The Hall–Kier alpha value is -5.94. The number of non-ortho nitro benzene ring substituents is 3. The average molecular weight is 776 g/mol. The third-order valence-corrected chi connectivity index (χ3v) is 11.1. The number of anilines is 2. The topological polar surface area (TPSA) is 228 Å². The van der Waals surface area contributed by atoms with Gasteiger partial charge < -0.3 is 14.9 Å². The molecule has 17 heteroatoms. The molecule has 0 radical (unpaired) electrons. The first kappa shape index (κ1) is 40.2. The van der Waals surface area contributed by atoms with E-state index >= 15 is 0 Å². The van der Waals surface area contributed by atoms with Gasteiger partial charge in [0.1, 0.15) is 0 Å². The van der Waals surface area contributed by atoms with E-state index in [1.165, 1.54) is 36.4 Å². The van der Waals surface area contributed by atoms with Crippen LogP contribution in [-0.4, -0.2) is 51.4 Å². The van der Waals surface area contributed by atoms with E-state index in [1.54, 1.807) is 24.3 Å². The van der Waals surface area contributed by atoms with Gasteiger partial charge in [-0.25, -0.2) is 0 Å². The molecule has 2 aliphatic heterocycles. The maximum absolute atomic E-state index is 12.0. The van der Waals surface area contributed by atoms with Crippen molar-refractivity contribution in [1.29, 1.82) is 0 Å². The maximum Gasteiger partial charge on any atom is 0.303 e. The van der Waals surface area contributed by atoms with Crippen molar-refractivity contribution in [3.05, 3.63) is 138 Å². The Morgan fingerprint density at radius 3 is 2.04 bits per heavy atom. The van der Waals surface area contributed by atoms with Crippen molar-refractivity contribution < 1.29 is 37.6 Å². The van der Waals surface area contributed by atoms with Gasteiger partial charge >= 0.3 is 5.97 Å². The number of benzene rings is 3. The third kappa shape index (κ3) is 8.42. The zero-order chi connectivity index (χ0) is 40.5. The molecule has 5 rings (SSSR count). The highest BCUT2D eigenvalue weighted by Crippen LogP contribution is 2.49. The molecular weight excluding hydrogens is 735 g/mol. The smallest absolute Gasteiger partial charge is 0.303 e. The molecule has 0 aliphatic carbocycles. The van der Waals surface area contributed by atoms with Crippen LogP contribution in [0.15, 0.2) is 95.6 Å². The minimum Gasteiger partial charge on any atom is -0.481 e. The molecule has 2 N–H and O–H groups in total. The molecule has 0 fully saturated rings. The predicted octanol–water partition coefficient (Wildman–Crippen LogP) is 7.76. The van der Waals surface area contributed by atoms with Crippen LogP contribution in [0.5, 0.6) is 0 Å². The fourth-order valence-electron chi connectivity index (χ4n) is 7.45. The van der Waals surface area contributed by atoms with Crippen LogP contribution in [0.1, 0.15) is 70.1 Å². The Kier molecular flexibility index (Phi) is 11.3. The average Bonchev–Trinajstić information content (AvgIpc) is 3.44. The van der Waals surface area contributed by atoms with E-state index in [2.05, 4.69) is 4.90 Å². The lowest BCUT2D eigenvalue weighted by Crippen LogP contribution is -2.39. The van der Waals surface area contributed by atoms with Crippen LogP contribution in [-0.2, 0) is 32.3 Å². The first-order valence-electron chi connectivity index (χ1n) is 17.4. The lowest BCUT2D eigenvalue weighted by Gasteiger charge is -2.32. The highest BCUT2D eigenvalue weighted by molar-refractivity contribution is 7.85. The number of rotatable bonds is 15. The summed E-state index contributed by atoms with van der Waals surface area (Å²) in [4.78, 5) is 47.8. The molecule has 0 saturated carbocycles. The molecule has 0 aromatic heterocycles. The quantitative estimate of drug-likeness (QED) is 0.0495. The highest BCUT2D eigenvalue weighted by Gasteiger charge is 2.44. The first-order valence-corrected chi connectivity index (χ1v) is 18.8. The summed E-state index contributed by atoms with van der Waals surface area (Å²) >= 11 is 0. The summed E-state index contributed by atoms with van der Waals surface area (Å²) in [5, 5.41) is 44.0. The molecule has 0 amide bonds. The number of hydrogen-bond donors (Lipinski definition) is 2. The monoisotopic (exact) mass is 775 g/mol. The lowest BCUT2D eigenvalue weighted by molar-refractivity contribution is -0.394. The van der Waals surface area contributed by atoms with E-state index in [0.29, 0.717) is 48.2 Å². The summed E-state index contributed by atoms with van der Waals surface area (Å²) in [7, 11) is -4.46. The van der Waals surface area contributed by atoms with Crippen LogP contribution in [0.2, 0.25) is 0 Å². The maximum atomic E-state index is 12.0. The van der Waals surface area contributed by atoms with Gasteiger partial charge in [-0.3, -0.25) is 39.7 Å². The molecule has 2 aliphatic rings. The van der Waals surface area contributed by atoms with Gasteiger partial charge in [0, 0.05) is 71.7 Å². The standard InChI is InChI=1S/C38H41N5O11S/c1-37(2)30-22-26(41(46)47)14-16-33(30)40(24-25-19-27(42(48)49)21-28(20-25)43(50)51)35(37)12-8-5-7-11-34-38(3,4)31-23-29(55(52,53)54)15-17-32(31)39(34)18-10-6-9-13-36(44)45/h5,7-8,11-12,14-17,19-23,35H,6,9-10,13,18,24H2,1-4H3,(H,44,45)(H,52,53,54). The number of unbranched alkanes of at least 4 members (excludes halogenated alkanes) is 2. The second kappa shape index (κ2) is 15.4. The number of fused-ring (bicyclic) bond motifs is 2. The van der Waals surface area contributed by atoms with Crippen molar-refractivity contribution in [3.8, 4) is 0 Å². The van der Waals surface area contributed by atoms with Gasteiger partial charge in [-0.2, -0.15) is 8.42 Å². The lowest BCUT2D eigenvalue weighted by atomic mass is 9.80. The van der Waals surface area contributed by atoms with E-state index in [9.17, 15) is 48.1 Å². The number of carbonyl (C=O) groups is 1. The molecule has 16 nitrogen and oxygen atoms in total. The number of nitrogens with zero attached hydrogens (tertiary/aromatic N) is 5. The van der Waals surface area contributed by atoms with Crippen LogP contribution < -0.4 is 9.80 Å². The summed E-state index contributed by atoms with van der Waals surface area (Å²) in [6.45, 7) is 8.26. The van der Waals surface area contributed by atoms with Crippen molar-refractivity contribution in [2.45, 2.75) is 81.7 Å². The Labute approximate surface area is 317 Å². The van der Waals surface area contributed by atoms with Crippen molar-refractivity contribution >= 4 is 44.5 Å². The molecule has 0 bridgehead atoms. The van der Waals surface area contributed by atoms with E-state index in [-0.39, 0.29) is 23.5 Å². The van der Waals surface area contributed by atoms with Gasteiger partial charge in [0.15, 0.2) is 0 Å². The summed E-state index contributed by atoms with van der Waals surface area (Å²) in [5.74, 6) is -0.869. The van der Waals surface area contributed by atoms with Crippen molar-refractivity contribution in [2.75, 3.05) is 16.3 Å². The van der Waals surface area contributed by atoms with Crippen LogP contribution in [0, 0.1) is 30.3 Å². The van der Waals surface area contributed by atoms with Gasteiger partial charge in [-0.1, -0.05) is 58.4 Å². The molecule has 3 aromatic rings. The zero-order valence-corrected chi connectivity index (χ0v) is 31.4. The molecule has 1 atom stereocenters. The fourth-order valence-corrected chi connectivity index (χ4v) is 7.95. The minimum absolute atomic E-state index is 0.0267. The van der Waals surface area contributed by atoms with Crippen LogP contribution in [0.4, 0.5) is 28.4 Å².